The first-order valence-corrected chi connectivity index (χ1v) is 5.61. The molecule has 0 nitrogen and oxygen atoms in total. The molecular formula is C12H22. The van der Waals surface area contributed by atoms with Crippen molar-refractivity contribution in [2.75, 3.05) is 0 Å². The Hall–Kier alpha value is -0.260. The number of hydrogen-bond donors (Lipinski definition) is 0. The van der Waals surface area contributed by atoms with Crippen molar-refractivity contribution >= 4 is 0 Å². The van der Waals surface area contributed by atoms with E-state index in [0.29, 0.717) is 0 Å². The molecule has 0 aromatic carbocycles. The average Bonchev–Trinajstić information content (AvgIpc) is 2.14. The van der Waals surface area contributed by atoms with E-state index in [2.05, 4.69) is 13.0 Å². The molecular weight excluding hydrogens is 144 g/mol. The van der Waals surface area contributed by atoms with Gasteiger partial charge in [-0.25, -0.2) is 0 Å². The van der Waals surface area contributed by atoms with E-state index in [1.807, 2.05) is 0 Å². The zero-order valence-corrected chi connectivity index (χ0v) is 8.44. The molecule has 0 amide bonds. The fourth-order valence-electron chi connectivity index (χ4n) is 1.93. The Morgan fingerprint density at radius 3 is 2.42 bits per heavy atom. The second-order valence-electron chi connectivity index (χ2n) is 3.88. The van der Waals surface area contributed by atoms with Crippen LogP contribution in [0, 0.1) is 0 Å². The van der Waals surface area contributed by atoms with Crippen molar-refractivity contribution in [2.24, 2.45) is 0 Å². The molecule has 0 aromatic rings. The van der Waals surface area contributed by atoms with E-state index in [0.717, 1.165) is 0 Å². The van der Waals surface area contributed by atoms with Crippen LogP contribution in [-0.4, -0.2) is 0 Å². The van der Waals surface area contributed by atoms with Crippen LogP contribution in [-0.2, 0) is 0 Å². The predicted octanol–water partition coefficient (Wildman–Crippen LogP) is 4.46. The van der Waals surface area contributed by atoms with Crippen LogP contribution in [0.25, 0.3) is 0 Å². The zero-order valence-electron chi connectivity index (χ0n) is 8.44. The molecule has 0 N–H and O–H groups in total. The van der Waals surface area contributed by atoms with Crippen LogP contribution in [0.2, 0.25) is 0 Å². The van der Waals surface area contributed by atoms with E-state index in [4.69, 9.17) is 0 Å². The molecule has 0 heterocycles. The Morgan fingerprint density at radius 1 is 1.00 bits per heavy atom. The fourth-order valence-corrected chi connectivity index (χ4v) is 1.93. The molecule has 0 unspecified atom stereocenters. The van der Waals surface area contributed by atoms with Crippen LogP contribution in [0.4, 0.5) is 0 Å². The number of rotatable bonds is 1. The molecule has 0 saturated heterocycles. The predicted molar refractivity (Wildman–Crippen MR) is 55.3 cm³/mol. The van der Waals surface area contributed by atoms with Crippen molar-refractivity contribution in [1.29, 1.82) is 0 Å². The summed E-state index contributed by atoms with van der Waals surface area (Å²) < 4.78 is 0. The monoisotopic (exact) mass is 166 g/mol. The molecule has 0 atom stereocenters. The first kappa shape index (κ1) is 9.83. The molecule has 0 heteroatoms. The van der Waals surface area contributed by atoms with Gasteiger partial charge in [0.2, 0.25) is 0 Å². The van der Waals surface area contributed by atoms with Gasteiger partial charge in [0.25, 0.3) is 0 Å². The van der Waals surface area contributed by atoms with Gasteiger partial charge >= 0.3 is 0 Å². The van der Waals surface area contributed by atoms with Crippen molar-refractivity contribution in [3.8, 4) is 0 Å². The van der Waals surface area contributed by atoms with Crippen LogP contribution in [0.5, 0.6) is 0 Å². The van der Waals surface area contributed by atoms with Crippen molar-refractivity contribution in [1.82, 2.24) is 0 Å². The Kier molecular flexibility index (Phi) is 5.14. The van der Waals surface area contributed by atoms with Crippen LogP contribution in [0.1, 0.15) is 64.7 Å². The van der Waals surface area contributed by atoms with Gasteiger partial charge in [0.05, 0.1) is 0 Å². The first-order valence-electron chi connectivity index (χ1n) is 5.61. The first-order chi connectivity index (χ1) is 5.93. The van der Waals surface area contributed by atoms with Gasteiger partial charge in [0, 0.05) is 0 Å². The second-order valence-corrected chi connectivity index (χ2v) is 3.88. The summed E-state index contributed by atoms with van der Waals surface area (Å²) in [6.45, 7) is 2.29. The van der Waals surface area contributed by atoms with Crippen molar-refractivity contribution < 1.29 is 0 Å². The van der Waals surface area contributed by atoms with Gasteiger partial charge in [0.1, 0.15) is 0 Å². The Labute approximate surface area is 77.1 Å². The maximum atomic E-state index is 2.49. The van der Waals surface area contributed by atoms with Crippen LogP contribution < -0.4 is 0 Å². The van der Waals surface area contributed by atoms with Gasteiger partial charge in [0.15, 0.2) is 0 Å². The second kappa shape index (κ2) is 6.28. The van der Waals surface area contributed by atoms with Gasteiger partial charge < -0.3 is 0 Å². The highest BCUT2D eigenvalue weighted by Crippen LogP contribution is 2.18. The molecule has 1 aliphatic rings. The minimum absolute atomic E-state index is 1.28. The highest BCUT2D eigenvalue weighted by Gasteiger charge is 1.98. The maximum Gasteiger partial charge on any atom is -0.0320 e. The highest BCUT2D eigenvalue weighted by atomic mass is 14.0. The zero-order chi connectivity index (χ0) is 8.65. The summed E-state index contributed by atoms with van der Waals surface area (Å²) in [6, 6.07) is 0. The fraction of sp³-hybridized carbons (Fsp3) is 0.833. The van der Waals surface area contributed by atoms with Gasteiger partial charge in [-0.15, -0.1) is 0 Å². The van der Waals surface area contributed by atoms with Crippen molar-refractivity contribution in [2.45, 2.75) is 64.7 Å². The van der Waals surface area contributed by atoms with E-state index >= 15 is 0 Å². The van der Waals surface area contributed by atoms with E-state index in [-0.39, 0.29) is 0 Å². The van der Waals surface area contributed by atoms with Crippen LogP contribution in [0.15, 0.2) is 11.6 Å². The third-order valence-electron chi connectivity index (χ3n) is 2.84. The lowest BCUT2D eigenvalue weighted by molar-refractivity contribution is 0.582. The normalized spacial score (nSPS) is 21.6. The number of hydrogen-bond acceptors (Lipinski definition) is 0. The average molecular weight is 166 g/mol. The highest BCUT2D eigenvalue weighted by molar-refractivity contribution is 5.01. The molecule has 0 saturated carbocycles. The van der Waals surface area contributed by atoms with Crippen molar-refractivity contribution in [3.05, 3.63) is 11.6 Å². The lowest BCUT2D eigenvalue weighted by Crippen LogP contribution is -1.87. The van der Waals surface area contributed by atoms with Crippen molar-refractivity contribution in [3.63, 3.8) is 0 Å². The Bertz CT molecular complexity index is 133. The summed E-state index contributed by atoms with van der Waals surface area (Å²) in [5, 5.41) is 0. The third-order valence-corrected chi connectivity index (χ3v) is 2.84. The summed E-state index contributed by atoms with van der Waals surface area (Å²) in [5.41, 5.74) is 1.71. The minimum atomic E-state index is 1.28. The summed E-state index contributed by atoms with van der Waals surface area (Å²) in [6.07, 6.45) is 15.2. The Balaban J connectivity index is 2.32. The molecule has 0 aliphatic heterocycles. The molecule has 1 rings (SSSR count). The number of allylic oxidation sites excluding steroid dienone is 2. The molecule has 0 fully saturated rings. The summed E-state index contributed by atoms with van der Waals surface area (Å²) in [7, 11) is 0. The van der Waals surface area contributed by atoms with E-state index in [1.54, 1.807) is 5.57 Å². The van der Waals surface area contributed by atoms with Crippen LogP contribution in [0.3, 0.4) is 0 Å². The SMILES string of the molecule is CCC1=CCCCCCCCC1. The van der Waals surface area contributed by atoms with E-state index in [1.165, 1.54) is 57.8 Å². The standard InChI is InChI=1S/C12H22/c1-2-12-10-8-6-4-3-5-7-9-11-12/h10H,2-9,11H2,1H3. The molecule has 0 aromatic heterocycles. The van der Waals surface area contributed by atoms with Gasteiger partial charge in [-0.3, -0.25) is 0 Å². The van der Waals surface area contributed by atoms with Gasteiger partial charge in [-0.2, -0.15) is 0 Å². The van der Waals surface area contributed by atoms with E-state index in [9.17, 15) is 0 Å². The van der Waals surface area contributed by atoms with Gasteiger partial charge in [-0.05, 0) is 32.1 Å². The Morgan fingerprint density at radius 2 is 1.67 bits per heavy atom. The quantitative estimate of drug-likeness (QED) is 0.505. The van der Waals surface area contributed by atoms with Gasteiger partial charge in [-0.1, -0.05) is 44.3 Å². The molecule has 0 spiro atoms. The molecule has 0 radical (unpaired) electrons. The molecule has 0 bridgehead atoms. The lowest BCUT2D eigenvalue weighted by Gasteiger charge is -2.07. The lowest BCUT2D eigenvalue weighted by atomic mass is 9.99. The maximum absolute atomic E-state index is 2.49. The topological polar surface area (TPSA) is 0 Å². The minimum Gasteiger partial charge on any atom is -0.0853 e. The largest absolute Gasteiger partial charge is 0.0853 e. The molecule has 70 valence electrons. The third kappa shape index (κ3) is 3.94. The summed E-state index contributed by atoms with van der Waals surface area (Å²) in [4.78, 5) is 0. The smallest absolute Gasteiger partial charge is 0.0320 e. The molecule has 1 aliphatic carbocycles. The van der Waals surface area contributed by atoms with Crippen LogP contribution >= 0.6 is 0 Å². The summed E-state index contributed by atoms with van der Waals surface area (Å²) in [5.74, 6) is 0. The summed E-state index contributed by atoms with van der Waals surface area (Å²) >= 11 is 0. The van der Waals surface area contributed by atoms with E-state index < -0.39 is 0 Å². The molecule has 12 heavy (non-hydrogen) atoms.